The van der Waals surface area contributed by atoms with Gasteiger partial charge in [0.15, 0.2) is 0 Å². The van der Waals surface area contributed by atoms with E-state index in [0.29, 0.717) is 19.4 Å². The first-order valence-electron chi connectivity index (χ1n) is 6.56. The quantitative estimate of drug-likeness (QED) is 0.784. The van der Waals surface area contributed by atoms with Gasteiger partial charge in [0.25, 0.3) is 0 Å². The molecule has 2 rings (SSSR count). The van der Waals surface area contributed by atoms with Crippen LogP contribution in [0.3, 0.4) is 0 Å². The Labute approximate surface area is 114 Å². The van der Waals surface area contributed by atoms with Crippen LogP contribution in [0.2, 0.25) is 0 Å². The number of para-hydroxylation sites is 1. The number of carbonyl (C=O) groups excluding carboxylic acids is 1. The summed E-state index contributed by atoms with van der Waals surface area (Å²) in [5.41, 5.74) is 2.09. The van der Waals surface area contributed by atoms with Gasteiger partial charge < -0.3 is 4.74 Å². The van der Waals surface area contributed by atoms with Crippen molar-refractivity contribution in [1.29, 1.82) is 0 Å². The Morgan fingerprint density at radius 3 is 2.42 bits per heavy atom. The van der Waals surface area contributed by atoms with Crippen LogP contribution in [0, 0.1) is 0 Å². The molecule has 0 aliphatic rings. The van der Waals surface area contributed by atoms with E-state index in [1.54, 1.807) is 0 Å². The highest BCUT2D eigenvalue weighted by molar-refractivity contribution is 5.81. The van der Waals surface area contributed by atoms with Gasteiger partial charge in [-0.1, -0.05) is 55.5 Å². The molecule has 2 aromatic rings. The summed E-state index contributed by atoms with van der Waals surface area (Å²) in [6, 6.07) is 17.8. The van der Waals surface area contributed by atoms with Gasteiger partial charge in [0, 0.05) is 18.4 Å². The van der Waals surface area contributed by atoms with Crippen LogP contribution < -0.4 is 4.74 Å². The number of rotatable bonds is 6. The van der Waals surface area contributed by atoms with E-state index in [0.717, 1.165) is 16.9 Å². The second-order valence-corrected chi connectivity index (χ2v) is 4.45. The molecule has 2 aromatic carbocycles. The van der Waals surface area contributed by atoms with E-state index in [1.807, 2.05) is 61.5 Å². The Bertz CT molecular complexity index is 532. The van der Waals surface area contributed by atoms with Gasteiger partial charge in [-0.3, -0.25) is 4.79 Å². The van der Waals surface area contributed by atoms with Crippen LogP contribution in [0.1, 0.15) is 24.5 Å². The molecule has 19 heavy (non-hydrogen) atoms. The fraction of sp³-hybridized carbons (Fsp3) is 0.235. The molecular weight excluding hydrogens is 236 g/mol. The molecule has 0 atom stereocenters. The van der Waals surface area contributed by atoms with Crippen molar-refractivity contribution in [3.63, 3.8) is 0 Å². The third kappa shape index (κ3) is 3.95. The third-order valence-corrected chi connectivity index (χ3v) is 2.99. The minimum atomic E-state index is 0.232. The van der Waals surface area contributed by atoms with E-state index in [1.165, 1.54) is 0 Å². The minimum absolute atomic E-state index is 0.232. The zero-order valence-electron chi connectivity index (χ0n) is 11.1. The van der Waals surface area contributed by atoms with Crippen molar-refractivity contribution < 1.29 is 9.53 Å². The molecule has 0 bridgehead atoms. The van der Waals surface area contributed by atoms with E-state index in [-0.39, 0.29) is 5.78 Å². The van der Waals surface area contributed by atoms with Gasteiger partial charge in [-0.05, 0) is 11.6 Å². The molecule has 0 unspecified atom stereocenters. The summed E-state index contributed by atoms with van der Waals surface area (Å²) in [6.45, 7) is 2.41. The number of carbonyl (C=O) groups is 1. The Morgan fingerprint density at radius 1 is 1.00 bits per heavy atom. The number of Topliss-reactive ketones (excluding diaryl/α,β-unsaturated/α-hetero) is 1. The standard InChI is InChI=1S/C17H18O2/c1-2-16(18)12-15-10-6-7-11-17(15)19-13-14-8-4-3-5-9-14/h3-11H,2,12-13H2,1H3. The lowest BCUT2D eigenvalue weighted by Crippen LogP contribution is -2.04. The predicted molar refractivity (Wildman–Crippen MR) is 76.2 cm³/mol. The van der Waals surface area contributed by atoms with Crippen molar-refractivity contribution in [2.24, 2.45) is 0 Å². The van der Waals surface area contributed by atoms with E-state index in [4.69, 9.17) is 4.74 Å². The Kier molecular flexibility index (Phi) is 4.73. The van der Waals surface area contributed by atoms with Crippen LogP contribution in [0.15, 0.2) is 54.6 Å². The maximum absolute atomic E-state index is 11.6. The Balaban J connectivity index is 2.05. The molecule has 0 spiro atoms. The van der Waals surface area contributed by atoms with Crippen LogP contribution >= 0.6 is 0 Å². The monoisotopic (exact) mass is 254 g/mol. The molecule has 0 heterocycles. The SMILES string of the molecule is CCC(=O)Cc1ccccc1OCc1ccccc1. The van der Waals surface area contributed by atoms with Gasteiger partial charge in [-0.15, -0.1) is 0 Å². The first-order valence-corrected chi connectivity index (χ1v) is 6.56. The average molecular weight is 254 g/mol. The molecule has 0 aromatic heterocycles. The molecule has 2 nitrogen and oxygen atoms in total. The lowest BCUT2D eigenvalue weighted by Gasteiger charge is -2.10. The van der Waals surface area contributed by atoms with Crippen LogP contribution in [-0.2, 0) is 17.8 Å². The number of ketones is 1. The molecule has 0 fully saturated rings. The minimum Gasteiger partial charge on any atom is -0.489 e. The maximum Gasteiger partial charge on any atom is 0.137 e. The summed E-state index contributed by atoms with van der Waals surface area (Å²) in [7, 11) is 0. The predicted octanol–water partition coefficient (Wildman–Crippen LogP) is 3.79. The van der Waals surface area contributed by atoms with Crippen LogP contribution in [0.25, 0.3) is 0 Å². The van der Waals surface area contributed by atoms with Crippen molar-refractivity contribution >= 4 is 5.78 Å². The highest BCUT2D eigenvalue weighted by atomic mass is 16.5. The van der Waals surface area contributed by atoms with Crippen molar-refractivity contribution in [1.82, 2.24) is 0 Å². The highest BCUT2D eigenvalue weighted by Crippen LogP contribution is 2.20. The van der Waals surface area contributed by atoms with Gasteiger partial charge in [-0.2, -0.15) is 0 Å². The fourth-order valence-corrected chi connectivity index (χ4v) is 1.86. The molecule has 0 amide bonds. The summed E-state index contributed by atoms with van der Waals surface area (Å²) in [5.74, 6) is 1.03. The van der Waals surface area contributed by atoms with Crippen LogP contribution in [0.4, 0.5) is 0 Å². The second kappa shape index (κ2) is 6.74. The summed E-state index contributed by atoms with van der Waals surface area (Å²) < 4.78 is 5.82. The molecule has 2 heteroatoms. The van der Waals surface area contributed by atoms with E-state index in [9.17, 15) is 4.79 Å². The number of hydrogen-bond donors (Lipinski definition) is 0. The largest absolute Gasteiger partial charge is 0.489 e. The first-order chi connectivity index (χ1) is 9.29. The van der Waals surface area contributed by atoms with E-state index >= 15 is 0 Å². The summed E-state index contributed by atoms with van der Waals surface area (Å²) >= 11 is 0. The summed E-state index contributed by atoms with van der Waals surface area (Å²) in [6.07, 6.45) is 1.01. The molecular formula is C17H18O2. The molecule has 0 saturated heterocycles. The number of ether oxygens (including phenoxy) is 1. The fourth-order valence-electron chi connectivity index (χ4n) is 1.86. The maximum atomic E-state index is 11.6. The third-order valence-electron chi connectivity index (χ3n) is 2.99. The highest BCUT2D eigenvalue weighted by Gasteiger charge is 2.07. The van der Waals surface area contributed by atoms with Crippen molar-refractivity contribution in [3.05, 3.63) is 65.7 Å². The average Bonchev–Trinajstić information content (AvgIpc) is 2.47. The topological polar surface area (TPSA) is 26.3 Å². The lowest BCUT2D eigenvalue weighted by molar-refractivity contribution is -0.118. The zero-order valence-corrected chi connectivity index (χ0v) is 11.1. The van der Waals surface area contributed by atoms with Crippen molar-refractivity contribution in [3.8, 4) is 5.75 Å². The molecule has 98 valence electrons. The second-order valence-electron chi connectivity index (χ2n) is 4.45. The molecule has 0 aliphatic heterocycles. The number of benzene rings is 2. The Morgan fingerprint density at radius 2 is 1.68 bits per heavy atom. The lowest BCUT2D eigenvalue weighted by atomic mass is 10.1. The van der Waals surface area contributed by atoms with Gasteiger partial charge in [-0.25, -0.2) is 0 Å². The van der Waals surface area contributed by atoms with Crippen LogP contribution in [-0.4, -0.2) is 5.78 Å². The summed E-state index contributed by atoms with van der Waals surface area (Å²) in [4.78, 5) is 11.6. The Hall–Kier alpha value is -2.09. The van der Waals surface area contributed by atoms with Gasteiger partial charge in [0.1, 0.15) is 18.1 Å². The van der Waals surface area contributed by atoms with Gasteiger partial charge >= 0.3 is 0 Å². The zero-order chi connectivity index (χ0) is 13.5. The molecule has 0 saturated carbocycles. The molecule has 0 N–H and O–H groups in total. The van der Waals surface area contributed by atoms with Crippen LogP contribution in [0.5, 0.6) is 5.75 Å². The van der Waals surface area contributed by atoms with E-state index in [2.05, 4.69) is 0 Å². The van der Waals surface area contributed by atoms with Gasteiger partial charge in [0.05, 0.1) is 0 Å². The van der Waals surface area contributed by atoms with Crippen molar-refractivity contribution in [2.75, 3.05) is 0 Å². The molecule has 0 radical (unpaired) electrons. The summed E-state index contributed by atoms with van der Waals surface area (Å²) in [5, 5.41) is 0. The van der Waals surface area contributed by atoms with E-state index < -0.39 is 0 Å². The van der Waals surface area contributed by atoms with Gasteiger partial charge in [0.2, 0.25) is 0 Å². The van der Waals surface area contributed by atoms with Crippen molar-refractivity contribution in [2.45, 2.75) is 26.4 Å². The first kappa shape index (κ1) is 13.3. The smallest absolute Gasteiger partial charge is 0.137 e. The number of hydrogen-bond acceptors (Lipinski definition) is 2. The normalized spacial score (nSPS) is 10.2. The molecule has 0 aliphatic carbocycles.